The van der Waals surface area contributed by atoms with Crippen LogP contribution in [0.5, 0.6) is 0 Å². The fraction of sp³-hybridized carbons (Fsp3) is 0.500. The van der Waals surface area contributed by atoms with Crippen LogP contribution >= 0.6 is 15.9 Å². The molecule has 0 N–H and O–H groups in total. The van der Waals surface area contributed by atoms with Gasteiger partial charge in [-0.2, -0.15) is 5.10 Å². The van der Waals surface area contributed by atoms with Gasteiger partial charge in [-0.25, -0.2) is 4.52 Å². The van der Waals surface area contributed by atoms with E-state index in [4.69, 9.17) is 5.10 Å². The number of rotatable bonds is 11. The number of fused-ring (bicyclic) bond motifs is 1. The highest BCUT2D eigenvalue weighted by Gasteiger charge is 2.20. The van der Waals surface area contributed by atoms with Crippen molar-refractivity contribution in [2.45, 2.75) is 59.8 Å². The van der Waals surface area contributed by atoms with Crippen molar-refractivity contribution in [1.82, 2.24) is 19.4 Å². The molecule has 1 aliphatic heterocycles. The molecule has 0 bridgehead atoms. The average molecular weight is 580 g/mol. The number of hydrogen-bond donors (Lipinski definition) is 0. The van der Waals surface area contributed by atoms with Gasteiger partial charge in [-0.15, -0.1) is 0 Å². The van der Waals surface area contributed by atoms with Crippen molar-refractivity contribution in [1.29, 1.82) is 0 Å². The second-order valence-electron chi connectivity index (χ2n) is 11.4. The summed E-state index contributed by atoms with van der Waals surface area (Å²) in [4.78, 5) is 18.3. The summed E-state index contributed by atoms with van der Waals surface area (Å²) in [6, 6.07) is 12.2. The van der Waals surface area contributed by atoms with Gasteiger partial charge in [0.25, 0.3) is 5.91 Å². The second kappa shape index (κ2) is 13.6. The lowest BCUT2D eigenvalue weighted by Gasteiger charge is -2.25. The number of amides is 1. The Labute approximate surface area is 237 Å². The first-order chi connectivity index (χ1) is 18.3. The minimum Gasteiger partial charge on any atom is -0.339 e. The molecule has 0 unspecified atom stereocenters. The molecule has 0 spiro atoms. The summed E-state index contributed by atoms with van der Waals surface area (Å²) in [5, 5.41) is 4.96. The molecule has 1 saturated heterocycles. The molecular weight excluding hydrogens is 536 g/mol. The number of likely N-dealkylation sites (tertiary alicyclic amines) is 1. The molecule has 5 nitrogen and oxygen atoms in total. The van der Waals surface area contributed by atoms with Crippen LogP contribution in [0.2, 0.25) is 0 Å². The molecule has 6 heteroatoms. The van der Waals surface area contributed by atoms with E-state index in [1.807, 2.05) is 39.9 Å². The number of halogens is 1. The second-order valence-corrected chi connectivity index (χ2v) is 12.4. The summed E-state index contributed by atoms with van der Waals surface area (Å²) in [6.07, 6.45) is 12.3. The van der Waals surface area contributed by atoms with E-state index < -0.39 is 0 Å². The quantitative estimate of drug-likeness (QED) is 0.233. The molecule has 1 aliphatic rings. The maximum absolute atomic E-state index is 13.7. The Kier molecular flexibility index (Phi) is 10.2. The van der Waals surface area contributed by atoms with Gasteiger partial charge in [0, 0.05) is 47.0 Å². The normalized spacial score (nSPS) is 14.8. The molecule has 1 fully saturated rings. The highest BCUT2D eigenvalue weighted by Crippen LogP contribution is 2.30. The summed E-state index contributed by atoms with van der Waals surface area (Å²) in [7, 11) is 0. The van der Waals surface area contributed by atoms with Crippen LogP contribution in [0.15, 0.2) is 53.1 Å². The average Bonchev–Trinajstić information content (AvgIpc) is 3.26. The number of pyridine rings is 1. The van der Waals surface area contributed by atoms with Crippen LogP contribution in [-0.4, -0.2) is 58.0 Å². The van der Waals surface area contributed by atoms with Crippen molar-refractivity contribution in [3.63, 3.8) is 0 Å². The predicted molar refractivity (Wildman–Crippen MR) is 162 cm³/mol. The summed E-state index contributed by atoms with van der Waals surface area (Å²) in [5.41, 5.74) is 4.75. The van der Waals surface area contributed by atoms with Crippen molar-refractivity contribution in [2.75, 3.05) is 32.7 Å². The molecule has 2 aromatic heterocycles. The fourth-order valence-electron chi connectivity index (χ4n) is 5.00. The van der Waals surface area contributed by atoms with E-state index >= 15 is 0 Å². The molecule has 204 valence electrons. The zero-order chi connectivity index (χ0) is 27.1. The number of carbonyl (C=O) groups is 1. The van der Waals surface area contributed by atoms with E-state index in [9.17, 15) is 4.79 Å². The Bertz CT molecular complexity index is 1230. The van der Waals surface area contributed by atoms with Gasteiger partial charge in [-0.3, -0.25) is 9.69 Å². The van der Waals surface area contributed by atoms with Gasteiger partial charge in [-0.05, 0) is 74.9 Å². The van der Waals surface area contributed by atoms with Gasteiger partial charge in [-0.1, -0.05) is 74.3 Å². The van der Waals surface area contributed by atoms with E-state index in [1.54, 1.807) is 0 Å². The number of nitrogens with zero attached hydrogens (tertiary/aromatic N) is 4. The van der Waals surface area contributed by atoms with Crippen molar-refractivity contribution in [2.24, 2.45) is 11.8 Å². The Morgan fingerprint density at radius 3 is 2.39 bits per heavy atom. The van der Waals surface area contributed by atoms with E-state index in [2.05, 4.69) is 72.8 Å². The van der Waals surface area contributed by atoms with Gasteiger partial charge in [0.05, 0.1) is 5.52 Å². The van der Waals surface area contributed by atoms with Crippen LogP contribution in [0.4, 0.5) is 0 Å². The van der Waals surface area contributed by atoms with Gasteiger partial charge in [0.15, 0.2) is 0 Å². The minimum absolute atomic E-state index is 0.113. The summed E-state index contributed by atoms with van der Waals surface area (Å²) in [5.74, 6) is 1.24. The summed E-state index contributed by atoms with van der Waals surface area (Å²) in [6.45, 7) is 13.7. The third-order valence-corrected chi connectivity index (χ3v) is 7.85. The summed E-state index contributed by atoms with van der Waals surface area (Å²) < 4.78 is 2.94. The predicted octanol–water partition coefficient (Wildman–Crippen LogP) is 7.80. The molecule has 1 aromatic carbocycles. The minimum atomic E-state index is 0.113. The van der Waals surface area contributed by atoms with Gasteiger partial charge in [0.1, 0.15) is 5.69 Å². The smallest absolute Gasteiger partial charge is 0.253 e. The van der Waals surface area contributed by atoms with E-state index in [0.29, 0.717) is 11.8 Å². The maximum atomic E-state index is 13.7. The maximum Gasteiger partial charge on any atom is 0.253 e. The van der Waals surface area contributed by atoms with Crippen LogP contribution in [0.3, 0.4) is 0 Å². The van der Waals surface area contributed by atoms with Crippen molar-refractivity contribution in [3.8, 4) is 11.3 Å². The van der Waals surface area contributed by atoms with Crippen LogP contribution in [-0.2, 0) is 0 Å². The SMILES string of the molecule is CC(C)CCN(CCC(C)C)C(=O)c1ccn2nc(-c3cccc(Br)c3)c(/C=C/CN3CCCCC3)c2c1. The van der Waals surface area contributed by atoms with Gasteiger partial charge < -0.3 is 4.90 Å². The Balaban J connectivity index is 1.69. The Morgan fingerprint density at radius 2 is 1.74 bits per heavy atom. The lowest BCUT2D eigenvalue weighted by atomic mass is 10.0. The topological polar surface area (TPSA) is 40.9 Å². The monoisotopic (exact) mass is 578 g/mol. The number of piperidine rings is 1. The van der Waals surface area contributed by atoms with Gasteiger partial charge >= 0.3 is 0 Å². The standard InChI is InChI=1S/C32H43BrN4O/c1-24(2)13-19-36(20-14-25(3)4)32(38)27-15-21-37-30(23-27)29(12-9-18-35-16-6-5-7-17-35)31(34-37)26-10-8-11-28(33)22-26/h8-12,15,21-25H,5-7,13-14,16-20H2,1-4H3/b12-9+. The Hall–Kier alpha value is -2.44. The lowest BCUT2D eigenvalue weighted by molar-refractivity contribution is 0.0741. The highest BCUT2D eigenvalue weighted by atomic mass is 79.9. The highest BCUT2D eigenvalue weighted by molar-refractivity contribution is 9.10. The van der Waals surface area contributed by atoms with Crippen LogP contribution < -0.4 is 0 Å². The van der Waals surface area contributed by atoms with Crippen molar-refractivity contribution in [3.05, 3.63) is 64.3 Å². The molecule has 0 atom stereocenters. The first-order valence-corrected chi connectivity index (χ1v) is 15.1. The van der Waals surface area contributed by atoms with Crippen molar-refractivity contribution >= 4 is 33.4 Å². The third kappa shape index (κ3) is 7.57. The van der Waals surface area contributed by atoms with E-state index in [1.165, 1.54) is 32.4 Å². The zero-order valence-electron chi connectivity index (χ0n) is 23.5. The van der Waals surface area contributed by atoms with E-state index in [-0.39, 0.29) is 5.91 Å². The number of carbonyl (C=O) groups excluding carboxylic acids is 1. The van der Waals surface area contributed by atoms with Crippen LogP contribution in [0.25, 0.3) is 22.9 Å². The lowest BCUT2D eigenvalue weighted by Crippen LogP contribution is -2.34. The number of aromatic nitrogens is 2. The van der Waals surface area contributed by atoms with Crippen molar-refractivity contribution < 1.29 is 4.79 Å². The molecule has 1 amide bonds. The third-order valence-electron chi connectivity index (χ3n) is 7.35. The molecule has 0 aliphatic carbocycles. The first kappa shape index (κ1) is 28.6. The van der Waals surface area contributed by atoms with Crippen LogP contribution in [0, 0.1) is 11.8 Å². The molecule has 3 aromatic rings. The first-order valence-electron chi connectivity index (χ1n) is 14.3. The molecule has 4 rings (SSSR count). The van der Waals surface area contributed by atoms with Crippen LogP contribution in [0.1, 0.15) is 75.7 Å². The van der Waals surface area contributed by atoms with E-state index in [0.717, 1.165) is 64.8 Å². The number of benzene rings is 1. The van der Waals surface area contributed by atoms with Gasteiger partial charge in [0.2, 0.25) is 0 Å². The zero-order valence-corrected chi connectivity index (χ0v) is 25.1. The molecule has 0 saturated carbocycles. The Morgan fingerprint density at radius 1 is 1.03 bits per heavy atom. The fourth-order valence-corrected chi connectivity index (χ4v) is 5.40. The molecule has 38 heavy (non-hydrogen) atoms. The molecule has 0 radical (unpaired) electrons. The largest absolute Gasteiger partial charge is 0.339 e. The number of hydrogen-bond acceptors (Lipinski definition) is 3. The molecule has 3 heterocycles. The molecular formula is C32H43BrN4O. The summed E-state index contributed by atoms with van der Waals surface area (Å²) >= 11 is 3.62.